The zero-order chi connectivity index (χ0) is 23.4. The Labute approximate surface area is 196 Å². The third-order valence-electron chi connectivity index (χ3n) is 5.39. The summed E-state index contributed by atoms with van der Waals surface area (Å²) in [5, 5.41) is 9.65. The molecule has 3 aromatic rings. The third-order valence-corrected chi connectivity index (χ3v) is 6.20. The fourth-order valence-electron chi connectivity index (χ4n) is 3.90. The molecule has 1 aliphatic rings. The third kappa shape index (κ3) is 5.54. The van der Waals surface area contributed by atoms with Gasteiger partial charge in [0.2, 0.25) is 5.91 Å². The first-order valence-corrected chi connectivity index (χ1v) is 11.8. The number of anilines is 2. The molecule has 33 heavy (non-hydrogen) atoms. The molecular formula is C22H27N7O3S. The number of piperidine rings is 1. The molecule has 0 aliphatic carbocycles. The Balaban J connectivity index is 1.40. The number of rotatable bonds is 7. The van der Waals surface area contributed by atoms with Gasteiger partial charge < -0.3 is 15.0 Å². The minimum absolute atomic E-state index is 0.0791. The number of hydrogen-bond acceptors (Lipinski definition) is 9. The summed E-state index contributed by atoms with van der Waals surface area (Å²) in [4.78, 5) is 39.8. The van der Waals surface area contributed by atoms with Crippen molar-refractivity contribution in [2.75, 3.05) is 29.9 Å². The van der Waals surface area contributed by atoms with Gasteiger partial charge in [-0.15, -0.1) is 11.3 Å². The molecule has 0 aromatic carbocycles. The predicted octanol–water partition coefficient (Wildman–Crippen LogP) is 2.70. The number of aromatic nitrogens is 5. The summed E-state index contributed by atoms with van der Waals surface area (Å²) >= 11 is 1.31. The summed E-state index contributed by atoms with van der Waals surface area (Å²) in [5.74, 6) is 0.881. The second-order valence-electron chi connectivity index (χ2n) is 7.97. The van der Waals surface area contributed by atoms with E-state index in [2.05, 4.69) is 30.3 Å². The largest absolute Gasteiger partial charge is 0.466 e. The molecule has 174 valence electrons. The fraction of sp³-hybridized carbons (Fsp3) is 0.455. The molecule has 1 amide bonds. The molecule has 1 aliphatic heterocycles. The molecule has 4 heterocycles. The molecule has 0 spiro atoms. The lowest BCUT2D eigenvalue weighted by atomic mass is 9.97. The van der Waals surface area contributed by atoms with E-state index < -0.39 is 0 Å². The van der Waals surface area contributed by atoms with Gasteiger partial charge in [0.1, 0.15) is 12.1 Å². The van der Waals surface area contributed by atoms with E-state index in [1.165, 1.54) is 17.7 Å². The second-order valence-corrected chi connectivity index (χ2v) is 8.83. The van der Waals surface area contributed by atoms with Crippen LogP contribution in [0.2, 0.25) is 0 Å². The molecule has 3 aromatic heterocycles. The van der Waals surface area contributed by atoms with Gasteiger partial charge in [-0.05, 0) is 39.7 Å². The first-order valence-electron chi connectivity index (χ1n) is 10.9. The average Bonchev–Trinajstić information content (AvgIpc) is 3.38. The number of carbonyl (C=O) groups excluding carboxylic acids is 2. The Morgan fingerprint density at radius 2 is 2.06 bits per heavy atom. The molecule has 4 rings (SSSR count). The molecule has 1 fully saturated rings. The first-order chi connectivity index (χ1) is 15.9. The molecule has 0 radical (unpaired) electrons. The van der Waals surface area contributed by atoms with E-state index in [0.29, 0.717) is 29.8 Å². The predicted molar refractivity (Wildman–Crippen MR) is 125 cm³/mol. The van der Waals surface area contributed by atoms with Crippen LogP contribution in [0.3, 0.4) is 0 Å². The lowest BCUT2D eigenvalue weighted by Gasteiger charge is -2.32. The van der Waals surface area contributed by atoms with E-state index in [1.54, 1.807) is 17.0 Å². The molecule has 11 heteroatoms. The van der Waals surface area contributed by atoms with Crippen LogP contribution >= 0.6 is 11.3 Å². The highest BCUT2D eigenvalue weighted by molar-refractivity contribution is 7.13. The highest BCUT2D eigenvalue weighted by Crippen LogP contribution is 2.25. The van der Waals surface area contributed by atoms with Crippen LogP contribution in [0.25, 0.3) is 5.82 Å². The van der Waals surface area contributed by atoms with Gasteiger partial charge in [0.15, 0.2) is 10.9 Å². The molecule has 0 saturated carbocycles. The number of esters is 1. The molecule has 1 saturated heterocycles. The summed E-state index contributed by atoms with van der Waals surface area (Å²) in [5.41, 5.74) is 2.52. The number of amides is 1. The van der Waals surface area contributed by atoms with Crippen molar-refractivity contribution in [1.29, 1.82) is 0 Å². The molecule has 1 atom stereocenters. The molecule has 10 nitrogen and oxygen atoms in total. The van der Waals surface area contributed by atoms with Crippen molar-refractivity contribution in [3.8, 4) is 5.82 Å². The maximum atomic E-state index is 12.9. The van der Waals surface area contributed by atoms with Crippen molar-refractivity contribution in [1.82, 2.24) is 24.7 Å². The normalized spacial score (nSPS) is 16.0. The van der Waals surface area contributed by atoms with Crippen molar-refractivity contribution in [3.63, 3.8) is 0 Å². The fourth-order valence-corrected chi connectivity index (χ4v) is 4.61. The van der Waals surface area contributed by atoms with E-state index in [0.717, 1.165) is 36.6 Å². The maximum Gasteiger partial charge on any atom is 0.311 e. The van der Waals surface area contributed by atoms with Gasteiger partial charge >= 0.3 is 5.97 Å². The van der Waals surface area contributed by atoms with Crippen LogP contribution < -0.4 is 10.2 Å². The summed E-state index contributed by atoms with van der Waals surface area (Å²) in [6.45, 7) is 7.40. The zero-order valence-electron chi connectivity index (χ0n) is 18.9. The lowest BCUT2D eigenvalue weighted by Crippen LogP contribution is -2.41. The van der Waals surface area contributed by atoms with Crippen molar-refractivity contribution < 1.29 is 14.3 Å². The smallest absolute Gasteiger partial charge is 0.311 e. The SMILES string of the molecule is CCOC(=O)Cc1csc(NC(=O)C2CCCN(c3cc(-n4nc(C)cc4C)ncn3)C2)n1. The summed E-state index contributed by atoms with van der Waals surface area (Å²) in [6, 6.07) is 3.90. The minimum Gasteiger partial charge on any atom is -0.466 e. The van der Waals surface area contributed by atoms with E-state index >= 15 is 0 Å². The Kier molecular flexibility index (Phi) is 6.97. The van der Waals surface area contributed by atoms with Crippen molar-refractivity contribution in [3.05, 3.63) is 40.9 Å². The number of hydrogen-bond donors (Lipinski definition) is 1. The topological polar surface area (TPSA) is 115 Å². The van der Waals surface area contributed by atoms with Crippen LogP contribution in [0.5, 0.6) is 0 Å². The van der Waals surface area contributed by atoms with Crippen LogP contribution in [0, 0.1) is 19.8 Å². The summed E-state index contributed by atoms with van der Waals surface area (Å²) < 4.78 is 6.74. The molecular weight excluding hydrogens is 442 g/mol. The Bertz CT molecular complexity index is 1140. The van der Waals surface area contributed by atoms with Crippen LogP contribution in [0.4, 0.5) is 10.9 Å². The monoisotopic (exact) mass is 469 g/mol. The number of ether oxygens (including phenoxy) is 1. The van der Waals surface area contributed by atoms with Crippen LogP contribution in [0.1, 0.15) is 36.8 Å². The van der Waals surface area contributed by atoms with Crippen LogP contribution in [0.15, 0.2) is 23.8 Å². The highest BCUT2D eigenvalue weighted by Gasteiger charge is 2.27. The maximum absolute atomic E-state index is 12.9. The Morgan fingerprint density at radius 1 is 1.24 bits per heavy atom. The number of nitrogens with one attached hydrogen (secondary N) is 1. The lowest BCUT2D eigenvalue weighted by molar-refractivity contribution is -0.142. The summed E-state index contributed by atoms with van der Waals surface area (Å²) in [6.07, 6.45) is 3.30. The number of thiazole rings is 1. The average molecular weight is 470 g/mol. The van der Waals surface area contributed by atoms with Gasteiger partial charge in [-0.2, -0.15) is 5.10 Å². The Morgan fingerprint density at radius 3 is 2.82 bits per heavy atom. The van der Waals surface area contributed by atoms with Gasteiger partial charge in [-0.1, -0.05) is 0 Å². The van der Waals surface area contributed by atoms with Crippen molar-refractivity contribution >= 4 is 34.2 Å². The summed E-state index contributed by atoms with van der Waals surface area (Å²) in [7, 11) is 0. The standard InChI is InChI=1S/C22H27N7O3S/c1-4-32-20(30)9-17-12-33-22(25-17)26-21(31)16-6-5-7-28(11-16)18-10-19(24-13-23-18)29-15(3)8-14(2)27-29/h8,10,12-13,16H,4-7,9,11H2,1-3H3,(H,25,26,31). The zero-order valence-corrected chi connectivity index (χ0v) is 19.8. The van der Waals surface area contributed by atoms with E-state index in [4.69, 9.17) is 4.74 Å². The van der Waals surface area contributed by atoms with Gasteiger partial charge in [-0.3, -0.25) is 9.59 Å². The van der Waals surface area contributed by atoms with E-state index in [-0.39, 0.29) is 24.2 Å². The highest BCUT2D eigenvalue weighted by atomic mass is 32.1. The van der Waals surface area contributed by atoms with Gasteiger partial charge in [-0.25, -0.2) is 19.6 Å². The number of aryl methyl sites for hydroxylation is 2. The van der Waals surface area contributed by atoms with Gasteiger partial charge in [0.25, 0.3) is 0 Å². The minimum atomic E-state index is -0.326. The van der Waals surface area contributed by atoms with E-state index in [9.17, 15) is 9.59 Å². The number of carbonyl (C=O) groups is 2. The van der Waals surface area contributed by atoms with Crippen LogP contribution in [-0.4, -0.2) is 56.3 Å². The van der Waals surface area contributed by atoms with Crippen molar-refractivity contribution in [2.45, 2.75) is 40.0 Å². The first kappa shape index (κ1) is 22.8. The van der Waals surface area contributed by atoms with E-state index in [1.807, 2.05) is 26.0 Å². The van der Waals surface area contributed by atoms with Gasteiger partial charge in [0, 0.05) is 30.2 Å². The van der Waals surface area contributed by atoms with Crippen molar-refractivity contribution in [2.24, 2.45) is 5.92 Å². The van der Waals surface area contributed by atoms with Gasteiger partial charge in [0.05, 0.1) is 30.3 Å². The quantitative estimate of drug-likeness (QED) is 0.525. The second kappa shape index (κ2) is 10.1. The Hall–Kier alpha value is -3.34. The van der Waals surface area contributed by atoms with Crippen LogP contribution in [-0.2, 0) is 20.7 Å². The molecule has 1 N–H and O–H groups in total. The molecule has 1 unspecified atom stereocenters. The molecule has 0 bridgehead atoms. The number of nitrogens with zero attached hydrogens (tertiary/aromatic N) is 6.